The lowest BCUT2D eigenvalue weighted by Crippen LogP contribution is -2.25. The van der Waals surface area contributed by atoms with Crippen molar-refractivity contribution in [2.75, 3.05) is 7.11 Å². The second kappa shape index (κ2) is 4.07. The van der Waals surface area contributed by atoms with E-state index in [9.17, 15) is 0 Å². The van der Waals surface area contributed by atoms with Gasteiger partial charge in [0.05, 0.1) is 12.7 Å². The molecule has 5 heteroatoms. The first kappa shape index (κ1) is 9.00. The number of hydrogen-bond donors (Lipinski definition) is 1. The van der Waals surface area contributed by atoms with Crippen molar-refractivity contribution in [3.63, 3.8) is 0 Å². The number of nitrogens with zero attached hydrogens (tertiary/aromatic N) is 2. The van der Waals surface area contributed by atoms with Crippen LogP contribution in [0.25, 0.3) is 0 Å². The maximum Gasteiger partial charge on any atom is 0.145 e. The van der Waals surface area contributed by atoms with Gasteiger partial charge >= 0.3 is 0 Å². The van der Waals surface area contributed by atoms with Crippen LogP contribution in [0.1, 0.15) is 0 Å². The molecule has 0 fully saturated rings. The maximum absolute atomic E-state index is 5.72. The van der Waals surface area contributed by atoms with E-state index in [1.54, 1.807) is 0 Å². The third-order valence-electron chi connectivity index (χ3n) is 1.25. The average molecular weight is 186 g/mol. The number of rotatable bonds is 1. The van der Waals surface area contributed by atoms with Gasteiger partial charge in [0.2, 0.25) is 0 Å². The molecule has 64 valence electrons. The molecule has 1 aliphatic rings. The molecule has 0 radical (unpaired) electrons. The number of halogens is 1. The fourth-order valence-electron chi connectivity index (χ4n) is 0.689. The van der Waals surface area contributed by atoms with Crippen LogP contribution < -0.4 is 5.73 Å². The fourth-order valence-corrected chi connectivity index (χ4v) is 0.899. The summed E-state index contributed by atoms with van der Waals surface area (Å²) in [5.74, 6) is 0. The van der Waals surface area contributed by atoms with Gasteiger partial charge in [-0.1, -0.05) is 17.3 Å². The van der Waals surface area contributed by atoms with Crippen molar-refractivity contribution in [1.29, 1.82) is 0 Å². The SMILES string of the molecule is COC=C=C1C(Cl)=NC=NC1N. The Morgan fingerprint density at radius 2 is 2.58 bits per heavy atom. The zero-order valence-electron chi connectivity index (χ0n) is 6.49. The van der Waals surface area contributed by atoms with Crippen molar-refractivity contribution in [2.24, 2.45) is 15.7 Å². The molecule has 0 spiro atoms. The second-order valence-electron chi connectivity index (χ2n) is 2.04. The molecule has 12 heavy (non-hydrogen) atoms. The molecule has 1 heterocycles. The summed E-state index contributed by atoms with van der Waals surface area (Å²) in [5, 5.41) is 0.297. The molecule has 1 aliphatic heterocycles. The molecule has 0 aromatic carbocycles. The zero-order valence-corrected chi connectivity index (χ0v) is 7.25. The summed E-state index contributed by atoms with van der Waals surface area (Å²) in [6.45, 7) is 0. The molecule has 1 unspecified atom stereocenters. The number of hydrogen-bond acceptors (Lipinski definition) is 4. The highest BCUT2D eigenvalue weighted by Gasteiger charge is 2.14. The summed E-state index contributed by atoms with van der Waals surface area (Å²) in [6.07, 6.45) is 2.18. The Morgan fingerprint density at radius 3 is 3.17 bits per heavy atom. The monoisotopic (exact) mass is 185 g/mol. The molecule has 4 nitrogen and oxygen atoms in total. The lowest BCUT2D eigenvalue weighted by Gasteiger charge is -2.09. The van der Waals surface area contributed by atoms with Crippen molar-refractivity contribution in [2.45, 2.75) is 6.17 Å². The Labute approximate surface area is 75.1 Å². The van der Waals surface area contributed by atoms with Crippen LogP contribution in [0, 0.1) is 0 Å². The molecule has 0 aromatic rings. The summed E-state index contributed by atoms with van der Waals surface area (Å²) in [5.41, 5.74) is 8.84. The summed E-state index contributed by atoms with van der Waals surface area (Å²) < 4.78 is 4.66. The standard InChI is InChI=1S/C7H8ClN3O/c1-12-3-2-5-6(8)10-4-11-7(5)9/h3-4,7H,9H2,1H3. The van der Waals surface area contributed by atoms with Crippen LogP contribution in [0.4, 0.5) is 0 Å². The van der Waals surface area contributed by atoms with Crippen molar-refractivity contribution in [1.82, 2.24) is 0 Å². The van der Waals surface area contributed by atoms with Crippen molar-refractivity contribution >= 4 is 23.1 Å². The lowest BCUT2D eigenvalue weighted by atomic mass is 10.2. The highest BCUT2D eigenvalue weighted by Crippen LogP contribution is 2.09. The van der Waals surface area contributed by atoms with Crippen molar-refractivity contribution < 1.29 is 4.74 Å². The summed E-state index contributed by atoms with van der Waals surface area (Å²) in [6, 6.07) is 0. The third-order valence-corrected chi connectivity index (χ3v) is 1.55. The maximum atomic E-state index is 5.72. The molecule has 1 rings (SSSR count). The van der Waals surface area contributed by atoms with Crippen molar-refractivity contribution in [3.8, 4) is 0 Å². The predicted molar refractivity (Wildman–Crippen MR) is 48.4 cm³/mol. The van der Waals surface area contributed by atoms with Crippen LogP contribution in [0.5, 0.6) is 0 Å². The van der Waals surface area contributed by atoms with Gasteiger partial charge in [-0.15, -0.1) is 0 Å². The highest BCUT2D eigenvalue weighted by molar-refractivity contribution is 6.70. The predicted octanol–water partition coefficient (Wildman–Crippen LogP) is 0.636. The van der Waals surface area contributed by atoms with Gasteiger partial charge in [0.25, 0.3) is 0 Å². The molecule has 0 aliphatic carbocycles. The van der Waals surface area contributed by atoms with Gasteiger partial charge in [0.15, 0.2) is 0 Å². The van der Waals surface area contributed by atoms with E-state index in [1.807, 2.05) is 0 Å². The van der Waals surface area contributed by atoms with Gasteiger partial charge in [-0.25, -0.2) is 9.98 Å². The average Bonchev–Trinajstić information content (AvgIpc) is 2.04. The molecular weight excluding hydrogens is 178 g/mol. The Hall–Kier alpha value is -1.09. The molecule has 0 saturated carbocycles. The Kier molecular flexibility index (Phi) is 3.05. The Bertz CT molecular complexity index is 289. The van der Waals surface area contributed by atoms with Gasteiger partial charge in [-0.3, -0.25) is 0 Å². The molecular formula is C7H8ClN3O. The molecule has 0 bridgehead atoms. The largest absolute Gasteiger partial charge is 0.496 e. The van der Waals surface area contributed by atoms with E-state index in [0.29, 0.717) is 10.7 Å². The normalized spacial score (nSPS) is 21.4. The second-order valence-corrected chi connectivity index (χ2v) is 2.40. The molecule has 2 N–H and O–H groups in total. The van der Waals surface area contributed by atoms with E-state index in [1.165, 1.54) is 19.7 Å². The Morgan fingerprint density at radius 1 is 1.83 bits per heavy atom. The topological polar surface area (TPSA) is 60.0 Å². The van der Waals surface area contributed by atoms with Crippen LogP contribution in [0.3, 0.4) is 0 Å². The number of ether oxygens (including phenoxy) is 1. The minimum Gasteiger partial charge on any atom is -0.496 e. The van der Waals surface area contributed by atoms with Gasteiger partial charge < -0.3 is 10.5 Å². The molecule has 0 aromatic heterocycles. The first-order chi connectivity index (χ1) is 5.75. The van der Waals surface area contributed by atoms with E-state index in [4.69, 9.17) is 17.3 Å². The third kappa shape index (κ3) is 1.95. The van der Waals surface area contributed by atoms with Gasteiger partial charge in [0.1, 0.15) is 23.9 Å². The number of aliphatic imine (C=N–C) groups is 2. The summed E-state index contributed by atoms with van der Waals surface area (Å²) >= 11 is 5.72. The van der Waals surface area contributed by atoms with Crippen molar-refractivity contribution in [3.05, 3.63) is 17.6 Å². The van der Waals surface area contributed by atoms with Gasteiger partial charge in [-0.05, 0) is 0 Å². The zero-order chi connectivity index (χ0) is 8.97. The minimum atomic E-state index is -0.499. The Balaban J connectivity index is 2.97. The number of nitrogens with two attached hydrogens (primary N) is 1. The quantitative estimate of drug-likeness (QED) is 0.481. The fraction of sp³-hybridized carbons (Fsp3) is 0.286. The molecule has 0 saturated heterocycles. The van der Waals surface area contributed by atoms with E-state index < -0.39 is 6.17 Å². The van der Waals surface area contributed by atoms with E-state index in [-0.39, 0.29) is 0 Å². The lowest BCUT2D eigenvalue weighted by molar-refractivity contribution is 0.338. The summed E-state index contributed by atoms with van der Waals surface area (Å²) in [4.78, 5) is 7.57. The minimum absolute atomic E-state index is 0.297. The molecule has 1 atom stereocenters. The van der Waals surface area contributed by atoms with Crippen LogP contribution in [0.15, 0.2) is 27.6 Å². The first-order valence-corrected chi connectivity index (χ1v) is 3.62. The first-order valence-electron chi connectivity index (χ1n) is 3.24. The van der Waals surface area contributed by atoms with Crippen LogP contribution in [-0.2, 0) is 4.74 Å². The van der Waals surface area contributed by atoms with E-state index in [0.717, 1.165) is 0 Å². The van der Waals surface area contributed by atoms with Crippen LogP contribution in [-0.4, -0.2) is 24.8 Å². The van der Waals surface area contributed by atoms with Gasteiger partial charge in [0, 0.05) is 0 Å². The summed E-state index contributed by atoms with van der Waals surface area (Å²) in [7, 11) is 1.51. The molecule has 0 amide bonds. The van der Waals surface area contributed by atoms with Crippen LogP contribution in [0.2, 0.25) is 0 Å². The smallest absolute Gasteiger partial charge is 0.145 e. The van der Waals surface area contributed by atoms with Gasteiger partial charge in [-0.2, -0.15) is 0 Å². The highest BCUT2D eigenvalue weighted by atomic mass is 35.5. The van der Waals surface area contributed by atoms with E-state index in [2.05, 4.69) is 20.5 Å². The van der Waals surface area contributed by atoms with E-state index >= 15 is 0 Å². The van der Waals surface area contributed by atoms with Crippen LogP contribution >= 0.6 is 11.6 Å². The number of methoxy groups -OCH3 is 1.